The van der Waals surface area contributed by atoms with Crippen LogP contribution in [0.4, 0.5) is 4.39 Å². The van der Waals surface area contributed by atoms with Gasteiger partial charge in [-0.3, -0.25) is 0 Å². The predicted octanol–water partition coefficient (Wildman–Crippen LogP) is 4.56. The second-order valence-electron chi connectivity index (χ2n) is 5.42. The van der Waals surface area contributed by atoms with Crippen molar-refractivity contribution in [1.82, 2.24) is 15.0 Å². The molecule has 0 aliphatic rings. The Labute approximate surface area is 143 Å². The molecule has 0 radical (unpaired) electrons. The van der Waals surface area contributed by atoms with Gasteiger partial charge in [0, 0.05) is 17.3 Å². The highest BCUT2D eigenvalue weighted by Gasteiger charge is 2.12. The Morgan fingerprint density at radius 1 is 0.960 bits per heavy atom. The van der Waals surface area contributed by atoms with Crippen LogP contribution in [0.3, 0.4) is 0 Å². The van der Waals surface area contributed by atoms with Crippen LogP contribution in [-0.2, 0) is 0 Å². The Balaban J connectivity index is 1.75. The van der Waals surface area contributed by atoms with Crippen molar-refractivity contribution in [3.8, 4) is 28.6 Å². The van der Waals surface area contributed by atoms with Crippen molar-refractivity contribution >= 4 is 11.0 Å². The third-order valence-corrected chi connectivity index (χ3v) is 3.78. The molecule has 1 N–H and O–H groups in total. The fourth-order valence-corrected chi connectivity index (χ4v) is 2.59. The Bertz CT molecular complexity index is 1050. The largest absolute Gasteiger partial charge is 0.497 e. The summed E-state index contributed by atoms with van der Waals surface area (Å²) in [5.74, 6) is 1.14. The van der Waals surface area contributed by atoms with E-state index in [0.29, 0.717) is 22.7 Å². The molecule has 0 saturated carbocycles. The lowest BCUT2D eigenvalue weighted by Gasteiger charge is -2.04. The molecule has 0 saturated heterocycles. The van der Waals surface area contributed by atoms with Crippen molar-refractivity contribution in [2.24, 2.45) is 0 Å². The first-order valence-corrected chi connectivity index (χ1v) is 7.64. The Morgan fingerprint density at radius 3 is 2.64 bits per heavy atom. The van der Waals surface area contributed by atoms with Crippen molar-refractivity contribution in [1.29, 1.82) is 0 Å². The number of hydrogen-bond donors (Lipinski definition) is 1. The predicted molar refractivity (Wildman–Crippen MR) is 92.4 cm³/mol. The van der Waals surface area contributed by atoms with Crippen molar-refractivity contribution in [2.45, 2.75) is 0 Å². The van der Waals surface area contributed by atoms with Crippen LogP contribution in [0.1, 0.15) is 0 Å². The summed E-state index contributed by atoms with van der Waals surface area (Å²) in [6, 6.07) is 15.5. The van der Waals surface area contributed by atoms with Crippen molar-refractivity contribution in [3.05, 3.63) is 66.7 Å². The highest BCUT2D eigenvalue weighted by atomic mass is 19.1. The van der Waals surface area contributed by atoms with Crippen LogP contribution >= 0.6 is 0 Å². The number of fused-ring (bicyclic) bond motifs is 1. The number of nitrogens with one attached hydrogen (secondary N) is 1. The first-order valence-electron chi connectivity index (χ1n) is 7.64. The van der Waals surface area contributed by atoms with Crippen LogP contribution in [0, 0.1) is 5.82 Å². The Morgan fingerprint density at radius 2 is 1.80 bits per heavy atom. The molecule has 5 nitrogen and oxygen atoms in total. The van der Waals surface area contributed by atoms with Gasteiger partial charge in [0.25, 0.3) is 0 Å². The van der Waals surface area contributed by atoms with Gasteiger partial charge in [-0.25, -0.2) is 14.4 Å². The van der Waals surface area contributed by atoms with Crippen molar-refractivity contribution < 1.29 is 13.9 Å². The van der Waals surface area contributed by atoms with Crippen LogP contribution in [0.25, 0.3) is 22.3 Å². The minimum Gasteiger partial charge on any atom is -0.497 e. The fourth-order valence-electron chi connectivity index (χ4n) is 2.59. The van der Waals surface area contributed by atoms with Gasteiger partial charge in [-0.15, -0.1) is 0 Å². The number of nitrogens with zero attached hydrogens (tertiary/aromatic N) is 2. The molecular weight excluding hydrogens is 321 g/mol. The molecular formula is C19H14FN3O2. The van der Waals surface area contributed by atoms with E-state index in [2.05, 4.69) is 15.0 Å². The van der Waals surface area contributed by atoms with Crippen LogP contribution < -0.4 is 9.47 Å². The highest BCUT2D eigenvalue weighted by molar-refractivity contribution is 5.87. The van der Waals surface area contributed by atoms with Gasteiger partial charge in [0.1, 0.15) is 29.3 Å². The topological polar surface area (TPSA) is 60.0 Å². The lowest BCUT2D eigenvalue weighted by Crippen LogP contribution is -1.90. The van der Waals surface area contributed by atoms with E-state index in [1.54, 1.807) is 19.2 Å². The summed E-state index contributed by atoms with van der Waals surface area (Å²) in [6.07, 6.45) is 1.41. The van der Waals surface area contributed by atoms with Crippen LogP contribution in [0.5, 0.6) is 17.4 Å². The second-order valence-corrected chi connectivity index (χ2v) is 5.42. The number of halogens is 1. The normalized spacial score (nSPS) is 10.8. The monoisotopic (exact) mass is 335 g/mol. The number of aromatic amines is 1. The van der Waals surface area contributed by atoms with Crippen LogP contribution in [-0.4, -0.2) is 22.1 Å². The molecule has 25 heavy (non-hydrogen) atoms. The van der Waals surface area contributed by atoms with Gasteiger partial charge >= 0.3 is 0 Å². The summed E-state index contributed by atoms with van der Waals surface area (Å²) in [7, 11) is 1.63. The maximum absolute atomic E-state index is 13.3. The lowest BCUT2D eigenvalue weighted by molar-refractivity contribution is 0.415. The van der Waals surface area contributed by atoms with E-state index >= 15 is 0 Å². The standard InChI is InChI=1S/C19H14FN3O2/c1-24-14-6-2-4-12(8-14)17-10-16-18(23-17)21-11-22-19(16)25-15-7-3-5-13(20)9-15/h2-11H,1H3,(H,21,22,23). The number of methoxy groups -OCH3 is 1. The SMILES string of the molecule is COc1cccc(-c2cc3c(Oc4cccc(F)c4)ncnc3[nH]2)c1. The maximum atomic E-state index is 13.3. The summed E-state index contributed by atoms with van der Waals surface area (Å²) in [6.45, 7) is 0. The van der Waals surface area contributed by atoms with Gasteiger partial charge in [-0.2, -0.15) is 0 Å². The molecule has 0 aliphatic carbocycles. The van der Waals surface area contributed by atoms with Crippen molar-refractivity contribution in [2.75, 3.05) is 7.11 Å². The average Bonchev–Trinajstić information content (AvgIpc) is 3.07. The molecule has 0 atom stereocenters. The molecule has 0 spiro atoms. The van der Waals surface area contributed by atoms with E-state index in [0.717, 1.165) is 17.0 Å². The molecule has 0 bridgehead atoms. The molecule has 0 aliphatic heterocycles. The quantitative estimate of drug-likeness (QED) is 0.594. The molecule has 0 fully saturated rings. The molecule has 124 valence electrons. The van der Waals surface area contributed by atoms with Crippen molar-refractivity contribution in [3.63, 3.8) is 0 Å². The van der Waals surface area contributed by atoms with Gasteiger partial charge in [-0.05, 0) is 30.3 Å². The third-order valence-electron chi connectivity index (χ3n) is 3.78. The maximum Gasteiger partial charge on any atom is 0.231 e. The van der Waals surface area contributed by atoms with Gasteiger partial charge in [0.05, 0.1) is 12.5 Å². The highest BCUT2D eigenvalue weighted by Crippen LogP contribution is 2.31. The average molecular weight is 335 g/mol. The van der Waals surface area contributed by atoms with E-state index in [1.165, 1.54) is 18.5 Å². The summed E-state index contributed by atoms with van der Waals surface area (Å²) >= 11 is 0. The van der Waals surface area contributed by atoms with E-state index < -0.39 is 0 Å². The number of benzene rings is 2. The first kappa shape index (κ1) is 15.1. The second kappa shape index (κ2) is 6.24. The van der Waals surface area contributed by atoms with Gasteiger partial charge in [0.15, 0.2) is 0 Å². The molecule has 4 aromatic rings. The summed E-state index contributed by atoms with van der Waals surface area (Å²) in [4.78, 5) is 11.6. The van der Waals surface area contributed by atoms with Gasteiger partial charge in [0.2, 0.25) is 5.88 Å². The van der Waals surface area contributed by atoms with Gasteiger partial charge < -0.3 is 14.5 Å². The zero-order valence-electron chi connectivity index (χ0n) is 13.4. The molecule has 0 unspecified atom stereocenters. The van der Waals surface area contributed by atoms with E-state index in [9.17, 15) is 4.39 Å². The summed E-state index contributed by atoms with van der Waals surface area (Å²) in [5.41, 5.74) is 2.45. The van der Waals surface area contributed by atoms with E-state index in [-0.39, 0.29) is 5.82 Å². The minimum atomic E-state index is -0.367. The number of aromatic nitrogens is 3. The molecule has 2 heterocycles. The van der Waals surface area contributed by atoms with Crippen LogP contribution in [0.2, 0.25) is 0 Å². The molecule has 2 aromatic heterocycles. The molecule has 0 amide bonds. The minimum absolute atomic E-state index is 0.362. The first-order chi connectivity index (χ1) is 12.2. The molecule has 2 aromatic carbocycles. The number of H-pyrrole nitrogens is 1. The number of rotatable bonds is 4. The van der Waals surface area contributed by atoms with Crippen LogP contribution in [0.15, 0.2) is 60.9 Å². The Kier molecular flexibility index (Phi) is 3.78. The summed E-state index contributed by atoms with van der Waals surface area (Å²) in [5, 5.41) is 0.713. The smallest absolute Gasteiger partial charge is 0.231 e. The van der Waals surface area contributed by atoms with E-state index in [4.69, 9.17) is 9.47 Å². The lowest BCUT2D eigenvalue weighted by atomic mass is 10.1. The Hall–Kier alpha value is -3.41. The fraction of sp³-hybridized carbons (Fsp3) is 0.0526. The molecule has 6 heteroatoms. The van der Waals surface area contributed by atoms with E-state index in [1.807, 2.05) is 30.3 Å². The zero-order valence-corrected chi connectivity index (χ0v) is 13.4. The molecule has 4 rings (SSSR count). The number of ether oxygens (including phenoxy) is 2. The summed E-state index contributed by atoms with van der Waals surface area (Å²) < 4.78 is 24.3. The third kappa shape index (κ3) is 3.01. The number of hydrogen-bond acceptors (Lipinski definition) is 4. The van der Waals surface area contributed by atoms with Gasteiger partial charge in [-0.1, -0.05) is 18.2 Å². The zero-order chi connectivity index (χ0) is 17.2.